The Hall–Kier alpha value is -9.20. The molecule has 0 unspecified atom stereocenters. The zero-order valence-electron chi connectivity index (χ0n) is 37.1. The van der Waals surface area contributed by atoms with E-state index in [9.17, 15) is 30.0 Å². The van der Waals surface area contributed by atoms with Crippen molar-refractivity contribution in [2.75, 3.05) is 28.4 Å². The number of azo groups is 2. The number of nitrogens with zero attached hydrogens (tertiary/aromatic N) is 6. The normalized spacial score (nSPS) is 12.4. The third-order valence-electron chi connectivity index (χ3n) is 10.7. The third-order valence-corrected chi connectivity index (χ3v) is 10.7. The van der Waals surface area contributed by atoms with Crippen molar-refractivity contribution in [3.05, 3.63) is 141 Å². The zero-order chi connectivity index (χ0) is 48.5. The number of amides is 4. The number of benzene rings is 6. The van der Waals surface area contributed by atoms with Crippen LogP contribution in [0.1, 0.15) is 55.6 Å². The van der Waals surface area contributed by atoms with E-state index in [1.807, 2.05) is 36.4 Å². The average molecular weight is 923 g/mol. The minimum Gasteiger partial charge on any atom is -0.507 e. The molecule has 8 bridgehead atoms. The lowest BCUT2D eigenvalue weighted by atomic mass is 9.91. The average Bonchev–Trinajstić information content (AvgIpc) is 3.31. The number of phenols is 4. The Balaban J connectivity index is 1.33. The van der Waals surface area contributed by atoms with E-state index in [0.717, 1.165) is 22.3 Å². The Morgan fingerprint density at radius 1 is 0.471 bits per heavy atom. The fourth-order valence-electron chi connectivity index (χ4n) is 7.73. The predicted octanol–water partition coefficient (Wildman–Crippen LogP) is 8.06. The highest BCUT2D eigenvalue weighted by Gasteiger charge is 2.22. The number of primary amides is 2. The summed E-state index contributed by atoms with van der Waals surface area (Å²) in [7, 11) is 5.85. The van der Waals surface area contributed by atoms with Crippen molar-refractivity contribution in [3.63, 3.8) is 0 Å². The van der Waals surface area contributed by atoms with Gasteiger partial charge < -0.3 is 50.8 Å². The molecule has 0 fully saturated rings. The van der Waals surface area contributed by atoms with Gasteiger partial charge in [-0.3, -0.25) is 0 Å². The molecule has 10 N–H and O–H groups in total. The molecule has 348 valence electrons. The van der Waals surface area contributed by atoms with Crippen LogP contribution in [-0.4, -0.2) is 73.4 Å². The van der Waals surface area contributed by atoms with Crippen LogP contribution >= 0.6 is 0 Å². The molecule has 6 aromatic rings. The second kappa shape index (κ2) is 20.7. The predicted molar refractivity (Wildman–Crippen MR) is 252 cm³/mol. The Kier molecular flexibility index (Phi) is 14.3. The number of hydrogen-bond acceptors (Lipinski definition) is 16. The van der Waals surface area contributed by atoms with E-state index >= 15 is 0 Å². The molecule has 0 aromatic heterocycles. The van der Waals surface area contributed by atoms with Gasteiger partial charge in [-0.1, -0.05) is 36.4 Å². The third kappa shape index (κ3) is 10.7. The SMILES string of the molecule is COc1cc(N=Nc2cc3c(O)c(c2)Cc2cccc(c2OC)Cc2cc(N=Nc4cc(/C=N/NC(N)=O)c(O)c(OC)c4)cc(c2O)Cc2cccc(c2OC)C3)cc(/C=N/NC(N)=O)c1O. The smallest absolute Gasteiger partial charge is 0.332 e. The second-order valence-electron chi connectivity index (χ2n) is 15.2. The van der Waals surface area contributed by atoms with Crippen LogP contribution in [0.15, 0.2) is 116 Å². The van der Waals surface area contributed by atoms with Gasteiger partial charge in [-0.15, -0.1) is 0 Å². The maximum absolute atomic E-state index is 12.0. The fraction of sp³-hybridized carbons (Fsp3) is 0.167. The molecule has 0 saturated heterocycles. The first-order valence-electron chi connectivity index (χ1n) is 20.6. The Labute approximate surface area is 388 Å². The highest BCUT2D eigenvalue weighted by molar-refractivity contribution is 5.88. The number of nitrogens with two attached hydrogens (primary N) is 2. The van der Waals surface area contributed by atoms with Crippen LogP contribution < -0.4 is 41.3 Å². The lowest BCUT2D eigenvalue weighted by Gasteiger charge is -2.19. The summed E-state index contributed by atoms with van der Waals surface area (Å²) in [6, 6.07) is 22.3. The molecule has 20 heteroatoms. The number of carbonyl (C=O) groups excluding carboxylic acids is 2. The van der Waals surface area contributed by atoms with Crippen LogP contribution in [-0.2, 0) is 25.7 Å². The van der Waals surface area contributed by atoms with E-state index in [-0.39, 0.29) is 82.7 Å². The summed E-state index contributed by atoms with van der Waals surface area (Å²) in [5, 5.41) is 70.8. The second-order valence-corrected chi connectivity index (χ2v) is 15.2. The molecule has 0 saturated carbocycles. The minimum absolute atomic E-state index is 0.0357. The minimum atomic E-state index is -0.890. The Bertz CT molecular complexity index is 2750. The summed E-state index contributed by atoms with van der Waals surface area (Å²) in [5.74, 6) is 0.789. The zero-order valence-corrected chi connectivity index (χ0v) is 37.1. The maximum atomic E-state index is 12.0. The summed E-state index contributed by atoms with van der Waals surface area (Å²) < 4.78 is 22.8. The summed E-state index contributed by atoms with van der Waals surface area (Å²) in [6.07, 6.45) is 3.16. The number of fused-ring (bicyclic) bond motifs is 8. The molecule has 0 atom stereocenters. The molecule has 1 aliphatic carbocycles. The lowest BCUT2D eigenvalue weighted by molar-refractivity contribution is 0.248. The Morgan fingerprint density at radius 3 is 1.06 bits per heavy atom. The molecule has 6 aromatic carbocycles. The first-order chi connectivity index (χ1) is 32.8. The molecule has 0 aliphatic heterocycles. The van der Waals surface area contributed by atoms with Gasteiger partial charge in [0.05, 0.1) is 63.6 Å². The number of ether oxygens (including phenoxy) is 4. The fourth-order valence-corrected chi connectivity index (χ4v) is 7.73. The maximum Gasteiger partial charge on any atom is 0.332 e. The van der Waals surface area contributed by atoms with Gasteiger partial charge in [0.1, 0.15) is 23.0 Å². The van der Waals surface area contributed by atoms with E-state index in [0.29, 0.717) is 45.1 Å². The van der Waals surface area contributed by atoms with Gasteiger partial charge in [0, 0.05) is 71.2 Å². The van der Waals surface area contributed by atoms with Crippen LogP contribution in [0, 0.1) is 0 Å². The number of aromatic hydroxyl groups is 4. The van der Waals surface area contributed by atoms with Crippen LogP contribution in [0.3, 0.4) is 0 Å². The van der Waals surface area contributed by atoms with Gasteiger partial charge >= 0.3 is 12.1 Å². The highest BCUT2D eigenvalue weighted by Crippen LogP contribution is 2.42. The molecule has 20 nitrogen and oxygen atoms in total. The van der Waals surface area contributed by atoms with Crippen LogP contribution in [0.25, 0.3) is 0 Å². The van der Waals surface area contributed by atoms with Gasteiger partial charge in [0.25, 0.3) is 0 Å². The van der Waals surface area contributed by atoms with Crippen LogP contribution in [0.2, 0.25) is 0 Å². The van der Waals surface area contributed by atoms with E-state index in [4.69, 9.17) is 30.4 Å². The molecule has 0 radical (unpaired) electrons. The topological polar surface area (TPSA) is 302 Å². The summed E-state index contributed by atoms with van der Waals surface area (Å²) in [5.41, 5.74) is 21.0. The van der Waals surface area contributed by atoms with Crippen molar-refractivity contribution in [2.24, 2.45) is 42.1 Å². The molecule has 7 rings (SSSR count). The quantitative estimate of drug-likeness (QED) is 0.0331. The highest BCUT2D eigenvalue weighted by atomic mass is 16.5. The van der Waals surface area contributed by atoms with Gasteiger partial charge in [-0.05, 0) is 58.7 Å². The summed E-state index contributed by atoms with van der Waals surface area (Å²) >= 11 is 0. The Morgan fingerprint density at radius 2 is 0.779 bits per heavy atom. The van der Waals surface area contributed by atoms with Gasteiger partial charge in [-0.25, -0.2) is 20.4 Å². The van der Waals surface area contributed by atoms with Crippen molar-refractivity contribution in [1.82, 2.24) is 10.9 Å². The van der Waals surface area contributed by atoms with Crippen LogP contribution in [0.4, 0.5) is 32.3 Å². The number of carbonyl (C=O) groups is 2. The van der Waals surface area contributed by atoms with Crippen molar-refractivity contribution in [1.29, 1.82) is 0 Å². The standard InChI is InChI=1S/C48H46N10O10/c1-65-39-21-37(19-33(43(39)61)23-51-57-47(49)63)55-53-35-15-29-11-25-7-5-9-27(45(25)67-3)13-31-17-36(54-56-38-20-34(24-52-58-48(50)64)44(62)40(22-38)66-2)18-32(42(31)60)14-28-10-6-8-26(46(28)68-4)12-30(16-35)41(29)59/h5-10,15-24,59-62H,11-14H2,1-4H3,(H3,49,57,63)(H3,50,58,64)/b51-23+,52-24+,55-53?,56-54?. The number of phenolic OH excluding ortho intramolecular Hbond substituents is 4. The van der Waals surface area contributed by atoms with E-state index < -0.39 is 12.1 Å². The van der Waals surface area contributed by atoms with Gasteiger partial charge in [0.2, 0.25) is 0 Å². The van der Waals surface area contributed by atoms with E-state index in [2.05, 4.69) is 41.5 Å². The number of hydrazone groups is 2. The van der Waals surface area contributed by atoms with Crippen molar-refractivity contribution < 1.29 is 49.0 Å². The largest absolute Gasteiger partial charge is 0.507 e. The van der Waals surface area contributed by atoms with Crippen LogP contribution in [0.5, 0.6) is 46.0 Å². The van der Waals surface area contributed by atoms with Crippen molar-refractivity contribution in [3.8, 4) is 46.0 Å². The van der Waals surface area contributed by atoms with E-state index in [1.165, 1.54) is 50.9 Å². The molecule has 1 aliphatic rings. The first-order valence-corrected chi connectivity index (χ1v) is 20.6. The number of urea groups is 2. The molecular weight excluding hydrogens is 877 g/mol. The molecule has 0 spiro atoms. The number of methoxy groups -OCH3 is 4. The van der Waals surface area contributed by atoms with Crippen molar-refractivity contribution >= 4 is 47.2 Å². The van der Waals surface area contributed by atoms with Crippen molar-refractivity contribution in [2.45, 2.75) is 25.7 Å². The van der Waals surface area contributed by atoms with Gasteiger partial charge in [0.15, 0.2) is 23.0 Å². The molecular formula is C48H46N10O10. The number of hydrogen-bond donors (Lipinski definition) is 8. The van der Waals surface area contributed by atoms with Gasteiger partial charge in [-0.2, -0.15) is 30.7 Å². The number of rotatable bonds is 12. The monoisotopic (exact) mass is 922 g/mol. The summed E-state index contributed by atoms with van der Waals surface area (Å²) in [6.45, 7) is 0. The molecule has 68 heavy (non-hydrogen) atoms. The molecule has 4 amide bonds. The number of nitrogens with one attached hydrogen (secondary N) is 2. The lowest BCUT2D eigenvalue weighted by Crippen LogP contribution is -2.24. The first kappa shape index (κ1) is 46.8. The molecule has 0 heterocycles. The summed E-state index contributed by atoms with van der Waals surface area (Å²) in [4.78, 5) is 22.3. The number of para-hydroxylation sites is 2. The van der Waals surface area contributed by atoms with E-state index in [1.54, 1.807) is 38.5 Å².